The number of hydrogen-bond donors (Lipinski definition) is 1. The van der Waals surface area contributed by atoms with Gasteiger partial charge in [0.2, 0.25) is 0 Å². The molecule has 27 heavy (non-hydrogen) atoms. The third-order valence-corrected chi connectivity index (χ3v) is 4.23. The Morgan fingerprint density at radius 1 is 1.19 bits per heavy atom. The van der Waals surface area contributed by atoms with E-state index in [2.05, 4.69) is 10.3 Å². The number of rotatable bonds is 7. The topological polar surface area (TPSA) is 65.4 Å². The second kappa shape index (κ2) is 8.40. The van der Waals surface area contributed by atoms with Crippen molar-refractivity contribution in [3.63, 3.8) is 0 Å². The van der Waals surface area contributed by atoms with Crippen LogP contribution in [0.4, 0.5) is 0 Å². The lowest BCUT2D eigenvalue weighted by Gasteiger charge is -2.19. The number of benzene rings is 2. The van der Waals surface area contributed by atoms with Crippen LogP contribution in [0.5, 0.6) is 11.5 Å². The van der Waals surface area contributed by atoms with Crippen LogP contribution < -0.4 is 14.8 Å². The van der Waals surface area contributed by atoms with Gasteiger partial charge in [0.1, 0.15) is 23.4 Å². The molecule has 0 fully saturated rings. The van der Waals surface area contributed by atoms with Gasteiger partial charge < -0.3 is 19.4 Å². The average molecular weight is 365 g/mol. The highest BCUT2D eigenvalue weighted by Gasteiger charge is 2.21. The number of ether oxygens (including phenoxy) is 2. The zero-order valence-electron chi connectivity index (χ0n) is 15.7. The summed E-state index contributed by atoms with van der Waals surface area (Å²) in [6.45, 7) is 1.91. The monoisotopic (exact) mass is 365 g/mol. The van der Waals surface area contributed by atoms with Gasteiger partial charge in [-0.3, -0.25) is 4.79 Å². The summed E-state index contributed by atoms with van der Waals surface area (Å²) in [6.07, 6.45) is 3.56. The molecule has 0 spiro atoms. The number of amides is 1. The number of nitrogens with one attached hydrogen (secondary N) is 1. The molecule has 0 aliphatic carbocycles. The third kappa shape index (κ3) is 4.67. The van der Waals surface area contributed by atoms with Crippen molar-refractivity contribution < 1.29 is 14.3 Å². The first-order valence-corrected chi connectivity index (χ1v) is 8.67. The molecule has 0 radical (unpaired) electrons. The number of aryl methyl sites for hydroxylation is 2. The fraction of sp³-hybridized carbons (Fsp3) is 0.238. The van der Waals surface area contributed by atoms with Crippen molar-refractivity contribution in [1.82, 2.24) is 14.9 Å². The first-order valence-electron chi connectivity index (χ1n) is 8.67. The van der Waals surface area contributed by atoms with Crippen LogP contribution in [0.2, 0.25) is 0 Å². The van der Waals surface area contributed by atoms with Crippen molar-refractivity contribution in [2.75, 3.05) is 13.7 Å². The van der Waals surface area contributed by atoms with Crippen LogP contribution in [0.25, 0.3) is 0 Å². The smallest absolute Gasteiger partial charge is 0.258 e. The summed E-state index contributed by atoms with van der Waals surface area (Å²) in [6, 6.07) is 14.8. The Morgan fingerprint density at radius 3 is 2.59 bits per heavy atom. The lowest BCUT2D eigenvalue weighted by molar-refractivity contribution is -0.123. The fourth-order valence-electron chi connectivity index (χ4n) is 2.81. The van der Waals surface area contributed by atoms with Crippen molar-refractivity contribution in [3.05, 3.63) is 77.9 Å². The molecule has 1 aromatic heterocycles. The molecule has 0 aliphatic heterocycles. The van der Waals surface area contributed by atoms with E-state index >= 15 is 0 Å². The van der Waals surface area contributed by atoms with Crippen LogP contribution >= 0.6 is 0 Å². The summed E-state index contributed by atoms with van der Waals surface area (Å²) < 4.78 is 12.7. The summed E-state index contributed by atoms with van der Waals surface area (Å²) in [5, 5.41) is 3.01. The molecular weight excluding hydrogens is 342 g/mol. The fourth-order valence-corrected chi connectivity index (χ4v) is 2.81. The van der Waals surface area contributed by atoms with Crippen LogP contribution in [0.3, 0.4) is 0 Å². The van der Waals surface area contributed by atoms with Gasteiger partial charge in [0.05, 0.1) is 7.11 Å². The molecule has 0 saturated heterocycles. The number of hydrogen-bond acceptors (Lipinski definition) is 4. The first-order chi connectivity index (χ1) is 13.1. The molecule has 1 amide bonds. The summed E-state index contributed by atoms with van der Waals surface area (Å²) >= 11 is 0. The van der Waals surface area contributed by atoms with Gasteiger partial charge in [-0.05, 0) is 42.3 Å². The Balaban J connectivity index is 1.74. The predicted molar refractivity (Wildman–Crippen MR) is 103 cm³/mol. The van der Waals surface area contributed by atoms with Gasteiger partial charge in [0.15, 0.2) is 6.61 Å². The number of carbonyl (C=O) groups is 1. The van der Waals surface area contributed by atoms with Crippen LogP contribution in [0, 0.1) is 6.92 Å². The maximum absolute atomic E-state index is 12.5. The lowest BCUT2D eigenvalue weighted by atomic mass is 10.1. The molecule has 3 rings (SSSR count). The van der Waals surface area contributed by atoms with Crippen molar-refractivity contribution in [1.29, 1.82) is 0 Å². The molecule has 2 aromatic carbocycles. The van der Waals surface area contributed by atoms with E-state index in [0.29, 0.717) is 5.75 Å². The summed E-state index contributed by atoms with van der Waals surface area (Å²) in [5.74, 6) is 1.94. The average Bonchev–Trinajstić information content (AvgIpc) is 3.10. The number of carbonyl (C=O) groups excluding carboxylic acids is 1. The van der Waals surface area contributed by atoms with E-state index in [1.54, 1.807) is 13.3 Å². The van der Waals surface area contributed by atoms with Gasteiger partial charge >= 0.3 is 0 Å². The van der Waals surface area contributed by atoms with Crippen LogP contribution in [-0.4, -0.2) is 29.2 Å². The minimum atomic E-state index is -0.385. The van der Waals surface area contributed by atoms with Crippen LogP contribution in [0.1, 0.15) is 23.0 Å². The van der Waals surface area contributed by atoms with Crippen molar-refractivity contribution in [2.24, 2.45) is 7.05 Å². The maximum atomic E-state index is 12.5. The summed E-state index contributed by atoms with van der Waals surface area (Å²) in [7, 11) is 3.52. The summed E-state index contributed by atoms with van der Waals surface area (Å²) in [5.41, 5.74) is 1.99. The van der Waals surface area contributed by atoms with Gasteiger partial charge in [-0.15, -0.1) is 0 Å². The standard InChI is InChI=1S/C21H23N3O3/c1-15-5-4-6-18(13-15)27-14-19(25)23-20(21-22-11-12-24(21)2)16-7-9-17(26-3)10-8-16/h4-13,20H,14H2,1-3H3,(H,23,25)/t20-/m1/s1. The Hall–Kier alpha value is -3.28. The highest BCUT2D eigenvalue weighted by Crippen LogP contribution is 2.23. The number of nitrogens with zero attached hydrogens (tertiary/aromatic N) is 2. The second-order valence-electron chi connectivity index (χ2n) is 6.28. The van der Waals surface area contributed by atoms with E-state index in [1.165, 1.54) is 0 Å². The minimum absolute atomic E-state index is 0.0689. The van der Waals surface area contributed by atoms with Crippen LogP contribution in [-0.2, 0) is 11.8 Å². The molecule has 1 heterocycles. The molecule has 0 saturated carbocycles. The van der Waals surface area contributed by atoms with E-state index in [4.69, 9.17) is 9.47 Å². The van der Waals surface area contributed by atoms with Gasteiger partial charge in [0, 0.05) is 19.4 Å². The Labute approximate surface area is 158 Å². The van der Waals surface area contributed by atoms with Gasteiger partial charge in [0.25, 0.3) is 5.91 Å². The molecule has 3 aromatic rings. The van der Waals surface area contributed by atoms with E-state index in [9.17, 15) is 4.79 Å². The zero-order valence-corrected chi connectivity index (χ0v) is 15.7. The molecule has 1 atom stereocenters. The van der Waals surface area contributed by atoms with Gasteiger partial charge in [-0.1, -0.05) is 24.3 Å². The van der Waals surface area contributed by atoms with Crippen LogP contribution in [0.15, 0.2) is 60.9 Å². The second-order valence-corrected chi connectivity index (χ2v) is 6.28. The Morgan fingerprint density at radius 2 is 1.96 bits per heavy atom. The molecule has 6 nitrogen and oxygen atoms in total. The Kier molecular flexibility index (Phi) is 5.76. The highest BCUT2D eigenvalue weighted by atomic mass is 16.5. The predicted octanol–water partition coefficient (Wildman–Crippen LogP) is 3.02. The van der Waals surface area contributed by atoms with Gasteiger partial charge in [-0.2, -0.15) is 0 Å². The van der Waals surface area contributed by atoms with Gasteiger partial charge in [-0.25, -0.2) is 4.98 Å². The lowest BCUT2D eigenvalue weighted by Crippen LogP contribution is -2.34. The van der Waals surface area contributed by atoms with Crippen molar-refractivity contribution in [3.8, 4) is 11.5 Å². The van der Waals surface area contributed by atoms with E-state index < -0.39 is 0 Å². The largest absolute Gasteiger partial charge is 0.497 e. The highest BCUT2D eigenvalue weighted by molar-refractivity contribution is 5.78. The maximum Gasteiger partial charge on any atom is 0.258 e. The minimum Gasteiger partial charge on any atom is -0.497 e. The SMILES string of the molecule is COc1ccc([C@@H](NC(=O)COc2cccc(C)c2)c2nccn2C)cc1. The Bertz CT molecular complexity index is 903. The molecule has 0 unspecified atom stereocenters. The first kappa shape index (κ1) is 18.5. The molecular formula is C21H23N3O3. The zero-order chi connectivity index (χ0) is 19.2. The third-order valence-electron chi connectivity index (χ3n) is 4.23. The van der Waals surface area contributed by atoms with E-state index in [-0.39, 0.29) is 18.6 Å². The summed E-state index contributed by atoms with van der Waals surface area (Å²) in [4.78, 5) is 16.9. The molecule has 6 heteroatoms. The van der Waals surface area contributed by atoms with Crippen molar-refractivity contribution >= 4 is 5.91 Å². The molecule has 0 aliphatic rings. The molecule has 0 bridgehead atoms. The normalized spacial score (nSPS) is 11.7. The number of imidazole rings is 1. The quantitative estimate of drug-likeness (QED) is 0.699. The molecule has 1 N–H and O–H groups in total. The number of aromatic nitrogens is 2. The van der Waals surface area contributed by atoms with Crippen molar-refractivity contribution in [2.45, 2.75) is 13.0 Å². The van der Waals surface area contributed by atoms with E-state index in [1.807, 2.05) is 73.3 Å². The van der Waals surface area contributed by atoms with E-state index in [0.717, 1.165) is 22.7 Å². The molecule has 140 valence electrons. The number of methoxy groups -OCH3 is 1.